The van der Waals surface area contributed by atoms with E-state index in [1.807, 2.05) is 29.2 Å². The van der Waals surface area contributed by atoms with Crippen molar-refractivity contribution in [2.45, 2.75) is 12.8 Å². The molecule has 0 radical (unpaired) electrons. The molecule has 224 valence electrons. The Kier molecular flexibility index (Phi) is 7.34. The number of hydrogen-bond donors (Lipinski definition) is 2. The number of nitrogens with one attached hydrogen (secondary N) is 2. The number of carbonyl (C=O) groups is 1. The summed E-state index contributed by atoms with van der Waals surface area (Å²) in [6.07, 6.45) is 5.52. The summed E-state index contributed by atoms with van der Waals surface area (Å²) in [6.45, 7) is 1.69. The second-order valence-electron chi connectivity index (χ2n) is 10.6. The Morgan fingerprint density at radius 1 is 0.800 bits per heavy atom. The molecular weight excluding hydrogens is 579 g/mol. The molecule has 3 aromatic heterocycles. The molecule has 0 spiro atoms. The predicted molar refractivity (Wildman–Crippen MR) is 167 cm³/mol. The maximum atomic E-state index is 15.0. The standard InChI is InChI=1S/C34H26F3N7O/c35-24-9-6-10-25(36)30(24)33(45)39-22-8-5-7-21(19-22)32-31(29-11-1-2-18-44(29)42-32)27-14-15-38-34(41-27)40-23-12-13-28(26(37)20-23)43-16-3-4-17-43/h1-2,5-15,18-20H,3-4,16-17H2,(H,39,45)(H,38,40,41). The molecule has 1 aliphatic rings. The van der Waals surface area contributed by atoms with E-state index in [0.29, 0.717) is 39.6 Å². The summed E-state index contributed by atoms with van der Waals surface area (Å²) in [7, 11) is 0. The molecule has 45 heavy (non-hydrogen) atoms. The SMILES string of the molecule is O=C(Nc1cccc(-c2nn3ccccc3c2-c2ccnc(Nc3ccc(N4CCCC4)c(F)c3)n2)c1)c1c(F)cccc1F. The van der Waals surface area contributed by atoms with Crippen LogP contribution in [-0.4, -0.2) is 38.6 Å². The van der Waals surface area contributed by atoms with Crippen molar-refractivity contribution in [1.29, 1.82) is 0 Å². The fourth-order valence-corrected chi connectivity index (χ4v) is 5.59. The summed E-state index contributed by atoms with van der Waals surface area (Å²) in [5.74, 6) is -2.86. The van der Waals surface area contributed by atoms with Crippen molar-refractivity contribution in [2.24, 2.45) is 0 Å². The van der Waals surface area contributed by atoms with Gasteiger partial charge in [-0.3, -0.25) is 4.79 Å². The number of halogens is 3. The van der Waals surface area contributed by atoms with Gasteiger partial charge in [0.25, 0.3) is 5.91 Å². The molecule has 0 unspecified atom stereocenters. The fourth-order valence-electron chi connectivity index (χ4n) is 5.59. The molecular formula is C34H26F3N7O. The van der Waals surface area contributed by atoms with Gasteiger partial charge in [0.05, 0.1) is 22.5 Å². The number of amides is 1. The smallest absolute Gasteiger partial charge is 0.261 e. The molecule has 6 aromatic rings. The van der Waals surface area contributed by atoms with Crippen LogP contribution in [0.15, 0.2) is 97.3 Å². The van der Waals surface area contributed by atoms with Gasteiger partial charge in [-0.15, -0.1) is 0 Å². The summed E-state index contributed by atoms with van der Waals surface area (Å²) in [5.41, 5.74) is 3.97. The fraction of sp³-hybridized carbons (Fsp3) is 0.118. The third kappa shape index (κ3) is 5.55. The van der Waals surface area contributed by atoms with Crippen molar-refractivity contribution in [1.82, 2.24) is 19.6 Å². The highest BCUT2D eigenvalue weighted by Gasteiger charge is 2.21. The van der Waals surface area contributed by atoms with E-state index in [1.165, 1.54) is 12.1 Å². The maximum absolute atomic E-state index is 15.0. The number of rotatable bonds is 7. The number of hydrogen-bond acceptors (Lipinski definition) is 6. The minimum Gasteiger partial charge on any atom is -0.369 e. The lowest BCUT2D eigenvalue weighted by atomic mass is 10.0. The molecule has 1 saturated heterocycles. The van der Waals surface area contributed by atoms with Crippen LogP contribution in [-0.2, 0) is 0 Å². The van der Waals surface area contributed by atoms with Crippen molar-refractivity contribution in [3.63, 3.8) is 0 Å². The monoisotopic (exact) mass is 605 g/mol. The van der Waals surface area contributed by atoms with E-state index in [4.69, 9.17) is 10.1 Å². The van der Waals surface area contributed by atoms with Crippen LogP contribution in [0.4, 0.5) is 36.2 Å². The molecule has 0 atom stereocenters. The van der Waals surface area contributed by atoms with Gasteiger partial charge < -0.3 is 15.5 Å². The topological polar surface area (TPSA) is 87.5 Å². The third-order valence-corrected chi connectivity index (χ3v) is 7.69. The van der Waals surface area contributed by atoms with E-state index in [-0.39, 0.29) is 11.8 Å². The Balaban J connectivity index is 1.22. The molecule has 0 aliphatic carbocycles. The Morgan fingerprint density at radius 3 is 2.40 bits per heavy atom. The number of fused-ring (bicyclic) bond motifs is 1. The van der Waals surface area contributed by atoms with E-state index in [2.05, 4.69) is 15.6 Å². The van der Waals surface area contributed by atoms with Gasteiger partial charge in [-0.25, -0.2) is 27.7 Å². The molecule has 11 heteroatoms. The van der Waals surface area contributed by atoms with Crippen LogP contribution in [0, 0.1) is 17.5 Å². The molecule has 0 saturated carbocycles. The highest BCUT2D eigenvalue weighted by atomic mass is 19.1. The summed E-state index contributed by atoms with van der Waals surface area (Å²) < 4.78 is 45.1. The Morgan fingerprint density at radius 2 is 1.60 bits per heavy atom. The number of pyridine rings is 1. The molecule has 3 aromatic carbocycles. The highest BCUT2D eigenvalue weighted by Crippen LogP contribution is 2.36. The van der Waals surface area contributed by atoms with Crippen LogP contribution in [0.5, 0.6) is 0 Å². The van der Waals surface area contributed by atoms with Crippen molar-refractivity contribution >= 4 is 34.4 Å². The van der Waals surface area contributed by atoms with Gasteiger partial charge in [0.2, 0.25) is 5.95 Å². The second-order valence-corrected chi connectivity index (χ2v) is 10.6. The molecule has 7 rings (SSSR count). The number of benzene rings is 3. The Hall–Kier alpha value is -5.71. The van der Waals surface area contributed by atoms with Gasteiger partial charge in [-0.1, -0.05) is 24.3 Å². The minimum absolute atomic E-state index is 0.273. The van der Waals surface area contributed by atoms with Crippen LogP contribution < -0.4 is 15.5 Å². The van der Waals surface area contributed by atoms with Crippen molar-refractivity contribution < 1.29 is 18.0 Å². The number of anilines is 4. The Labute approximate surface area is 256 Å². The third-order valence-electron chi connectivity index (χ3n) is 7.69. The first-order valence-electron chi connectivity index (χ1n) is 14.4. The molecule has 2 N–H and O–H groups in total. The van der Waals surface area contributed by atoms with Gasteiger partial charge in [0.1, 0.15) is 28.7 Å². The van der Waals surface area contributed by atoms with Crippen molar-refractivity contribution in [2.75, 3.05) is 28.6 Å². The lowest BCUT2D eigenvalue weighted by Gasteiger charge is -2.18. The zero-order valence-corrected chi connectivity index (χ0v) is 23.8. The summed E-state index contributed by atoms with van der Waals surface area (Å²) in [6, 6.07) is 22.5. The van der Waals surface area contributed by atoms with Crippen LogP contribution in [0.3, 0.4) is 0 Å². The molecule has 1 fully saturated rings. The average Bonchev–Trinajstić information content (AvgIpc) is 3.70. The van der Waals surface area contributed by atoms with E-state index in [9.17, 15) is 18.0 Å². The van der Waals surface area contributed by atoms with E-state index in [0.717, 1.165) is 43.6 Å². The average molecular weight is 606 g/mol. The lowest BCUT2D eigenvalue weighted by Crippen LogP contribution is -2.18. The first kappa shape index (κ1) is 28.1. The number of aromatic nitrogens is 4. The second kappa shape index (κ2) is 11.8. The molecule has 1 aliphatic heterocycles. The van der Waals surface area contributed by atoms with Crippen LogP contribution in [0.1, 0.15) is 23.2 Å². The highest BCUT2D eigenvalue weighted by molar-refractivity contribution is 6.05. The van der Waals surface area contributed by atoms with Crippen molar-refractivity contribution in [3.8, 4) is 22.5 Å². The molecule has 1 amide bonds. The predicted octanol–water partition coefficient (Wildman–Crippen LogP) is 7.47. The van der Waals surface area contributed by atoms with Gasteiger partial charge in [-0.05, 0) is 73.5 Å². The van der Waals surface area contributed by atoms with E-state index >= 15 is 0 Å². The lowest BCUT2D eigenvalue weighted by molar-refractivity contribution is 0.101. The summed E-state index contributed by atoms with van der Waals surface area (Å²) in [5, 5.41) is 10.5. The maximum Gasteiger partial charge on any atom is 0.261 e. The van der Waals surface area contributed by atoms with Crippen molar-refractivity contribution in [3.05, 3.63) is 120 Å². The number of carbonyl (C=O) groups excluding carboxylic acids is 1. The molecule has 4 heterocycles. The van der Waals surface area contributed by atoms with E-state index < -0.39 is 23.1 Å². The molecule has 8 nitrogen and oxygen atoms in total. The zero-order valence-electron chi connectivity index (χ0n) is 23.8. The quantitative estimate of drug-likeness (QED) is 0.196. The summed E-state index contributed by atoms with van der Waals surface area (Å²) in [4.78, 5) is 23.9. The Bertz CT molecular complexity index is 2040. The van der Waals surface area contributed by atoms with Gasteiger partial charge >= 0.3 is 0 Å². The first-order chi connectivity index (χ1) is 21.9. The van der Waals surface area contributed by atoms with Crippen LogP contribution >= 0.6 is 0 Å². The van der Waals surface area contributed by atoms with Gasteiger partial charge in [0.15, 0.2) is 0 Å². The van der Waals surface area contributed by atoms with E-state index in [1.54, 1.807) is 53.3 Å². The van der Waals surface area contributed by atoms with Gasteiger partial charge in [-0.2, -0.15) is 5.10 Å². The number of nitrogens with zero attached hydrogens (tertiary/aromatic N) is 5. The normalized spacial score (nSPS) is 12.9. The van der Waals surface area contributed by atoms with Crippen LogP contribution in [0.25, 0.3) is 28.0 Å². The molecule has 0 bridgehead atoms. The first-order valence-corrected chi connectivity index (χ1v) is 14.4. The summed E-state index contributed by atoms with van der Waals surface area (Å²) >= 11 is 0. The largest absolute Gasteiger partial charge is 0.369 e. The minimum atomic E-state index is -0.954. The van der Waals surface area contributed by atoms with Crippen LogP contribution in [0.2, 0.25) is 0 Å². The zero-order chi connectivity index (χ0) is 30.9. The van der Waals surface area contributed by atoms with Gasteiger partial charge in [0, 0.05) is 42.4 Å².